The van der Waals surface area contributed by atoms with Crippen LogP contribution in [0, 0.1) is 28.0 Å². The zero-order valence-corrected chi connectivity index (χ0v) is 16.5. The van der Waals surface area contributed by atoms with Gasteiger partial charge in [-0.25, -0.2) is 4.39 Å². The SMILES string of the molecule is N#Cc1ccc2c(cnn2CC23CC(C(=O)N4CCC4c4cccc(F)c4)(C2)C3)c1. The van der Waals surface area contributed by atoms with Gasteiger partial charge in [0.15, 0.2) is 0 Å². The molecule has 30 heavy (non-hydrogen) atoms. The van der Waals surface area contributed by atoms with Crippen molar-refractivity contribution in [1.82, 2.24) is 14.7 Å². The Kier molecular flexibility index (Phi) is 3.48. The van der Waals surface area contributed by atoms with Gasteiger partial charge in [-0.05, 0) is 67.0 Å². The Morgan fingerprint density at radius 2 is 2.07 bits per heavy atom. The lowest BCUT2D eigenvalue weighted by molar-refractivity contribution is -0.227. The number of carbonyl (C=O) groups excluding carboxylic acids is 1. The number of hydrogen-bond donors (Lipinski definition) is 0. The van der Waals surface area contributed by atoms with Crippen molar-refractivity contribution in [3.05, 3.63) is 65.6 Å². The number of rotatable bonds is 4. The molecular weight excluding hydrogens is 379 g/mol. The van der Waals surface area contributed by atoms with Gasteiger partial charge in [-0.1, -0.05) is 12.1 Å². The summed E-state index contributed by atoms with van der Waals surface area (Å²) in [6.07, 6.45) is 5.43. The Labute approximate surface area is 173 Å². The van der Waals surface area contributed by atoms with Crippen LogP contribution >= 0.6 is 0 Å². The molecule has 2 aromatic carbocycles. The minimum Gasteiger partial charge on any atom is -0.335 e. The zero-order valence-electron chi connectivity index (χ0n) is 16.5. The lowest BCUT2D eigenvalue weighted by Gasteiger charge is -2.70. The van der Waals surface area contributed by atoms with Crippen LogP contribution in [-0.2, 0) is 11.3 Å². The highest BCUT2D eigenvalue weighted by atomic mass is 19.1. The highest BCUT2D eigenvalue weighted by Crippen LogP contribution is 2.75. The van der Waals surface area contributed by atoms with Gasteiger partial charge in [0.2, 0.25) is 5.91 Å². The van der Waals surface area contributed by atoms with E-state index in [0.717, 1.165) is 55.2 Å². The van der Waals surface area contributed by atoms with E-state index in [1.807, 2.05) is 40.0 Å². The molecule has 3 aliphatic carbocycles. The van der Waals surface area contributed by atoms with Gasteiger partial charge in [0.1, 0.15) is 5.82 Å². The number of aromatic nitrogens is 2. The molecule has 0 radical (unpaired) electrons. The second kappa shape index (κ2) is 5.91. The second-order valence-corrected chi connectivity index (χ2v) is 9.36. The Morgan fingerprint density at radius 1 is 1.23 bits per heavy atom. The van der Waals surface area contributed by atoms with E-state index >= 15 is 0 Å². The van der Waals surface area contributed by atoms with E-state index in [4.69, 9.17) is 5.26 Å². The highest BCUT2D eigenvalue weighted by Gasteiger charge is 2.72. The Hall–Kier alpha value is -3.20. The molecule has 5 nitrogen and oxygen atoms in total. The van der Waals surface area contributed by atoms with E-state index in [1.165, 1.54) is 6.07 Å². The van der Waals surface area contributed by atoms with Crippen molar-refractivity contribution in [3.8, 4) is 6.07 Å². The molecule has 0 spiro atoms. The third-order valence-corrected chi connectivity index (χ3v) is 7.36. The lowest BCUT2D eigenvalue weighted by atomic mass is 9.34. The van der Waals surface area contributed by atoms with Gasteiger partial charge in [-0.2, -0.15) is 10.4 Å². The first-order valence-electron chi connectivity index (χ1n) is 10.4. The predicted molar refractivity (Wildman–Crippen MR) is 109 cm³/mol. The van der Waals surface area contributed by atoms with E-state index in [2.05, 4.69) is 11.2 Å². The molecule has 3 saturated carbocycles. The van der Waals surface area contributed by atoms with Gasteiger partial charge < -0.3 is 4.90 Å². The van der Waals surface area contributed by atoms with E-state index in [-0.39, 0.29) is 28.6 Å². The minimum atomic E-state index is -0.246. The fourth-order valence-electron chi connectivity index (χ4n) is 5.99. The molecule has 7 rings (SSSR count). The summed E-state index contributed by atoms with van der Waals surface area (Å²) in [7, 11) is 0. The third kappa shape index (κ3) is 2.38. The first-order valence-corrected chi connectivity index (χ1v) is 10.4. The molecule has 1 aromatic heterocycles. The molecule has 1 aliphatic heterocycles. The Balaban J connectivity index is 1.15. The molecule has 2 heterocycles. The Morgan fingerprint density at radius 3 is 2.77 bits per heavy atom. The molecule has 150 valence electrons. The first-order chi connectivity index (χ1) is 14.5. The van der Waals surface area contributed by atoms with Gasteiger partial charge in [0, 0.05) is 18.5 Å². The summed E-state index contributed by atoms with van der Waals surface area (Å²) in [5.41, 5.74) is 2.51. The van der Waals surface area contributed by atoms with Crippen LogP contribution in [0.5, 0.6) is 0 Å². The van der Waals surface area contributed by atoms with Crippen LogP contribution < -0.4 is 0 Å². The van der Waals surface area contributed by atoms with Crippen LogP contribution in [0.2, 0.25) is 0 Å². The minimum absolute atomic E-state index is 0.0163. The van der Waals surface area contributed by atoms with Crippen LogP contribution in [-0.4, -0.2) is 27.1 Å². The molecule has 1 unspecified atom stereocenters. The number of amides is 1. The largest absolute Gasteiger partial charge is 0.335 e. The summed E-state index contributed by atoms with van der Waals surface area (Å²) in [4.78, 5) is 15.2. The normalized spacial score (nSPS) is 28.9. The van der Waals surface area contributed by atoms with Gasteiger partial charge in [0.05, 0.1) is 34.8 Å². The van der Waals surface area contributed by atoms with Gasteiger partial charge in [-0.3, -0.25) is 9.48 Å². The summed E-state index contributed by atoms with van der Waals surface area (Å²) >= 11 is 0. The van der Waals surface area contributed by atoms with Gasteiger partial charge in [0.25, 0.3) is 0 Å². The molecule has 1 amide bonds. The van der Waals surface area contributed by atoms with Crippen LogP contribution in [0.1, 0.15) is 42.9 Å². The maximum absolute atomic E-state index is 13.6. The number of fused-ring (bicyclic) bond motifs is 1. The monoisotopic (exact) mass is 400 g/mol. The number of likely N-dealkylation sites (tertiary alicyclic amines) is 1. The molecular formula is C24H21FN4O. The average molecular weight is 400 g/mol. The fourth-order valence-corrected chi connectivity index (χ4v) is 5.99. The number of hydrogen-bond acceptors (Lipinski definition) is 3. The molecule has 2 bridgehead atoms. The second-order valence-electron chi connectivity index (χ2n) is 9.36. The zero-order chi connectivity index (χ0) is 20.5. The van der Waals surface area contributed by atoms with Crippen molar-refractivity contribution >= 4 is 16.8 Å². The van der Waals surface area contributed by atoms with E-state index in [0.29, 0.717) is 5.56 Å². The number of halogens is 1. The highest BCUT2D eigenvalue weighted by molar-refractivity contribution is 5.87. The van der Waals surface area contributed by atoms with Crippen molar-refractivity contribution in [2.75, 3.05) is 6.54 Å². The van der Waals surface area contributed by atoms with E-state index < -0.39 is 0 Å². The number of nitriles is 1. The summed E-state index contributed by atoms with van der Waals surface area (Å²) in [6.45, 7) is 1.57. The van der Waals surface area contributed by atoms with Crippen LogP contribution in [0.3, 0.4) is 0 Å². The third-order valence-electron chi connectivity index (χ3n) is 7.36. The van der Waals surface area contributed by atoms with Gasteiger partial charge >= 0.3 is 0 Å². The number of carbonyl (C=O) groups is 1. The maximum Gasteiger partial charge on any atom is 0.229 e. The van der Waals surface area contributed by atoms with Crippen molar-refractivity contribution in [3.63, 3.8) is 0 Å². The molecule has 4 fully saturated rings. The molecule has 4 aliphatic rings. The van der Waals surface area contributed by atoms with Crippen molar-refractivity contribution in [2.24, 2.45) is 10.8 Å². The van der Waals surface area contributed by atoms with E-state index in [9.17, 15) is 9.18 Å². The summed E-state index contributed by atoms with van der Waals surface area (Å²) in [5, 5.41) is 14.6. The van der Waals surface area contributed by atoms with E-state index in [1.54, 1.807) is 12.1 Å². The van der Waals surface area contributed by atoms with Crippen molar-refractivity contribution in [2.45, 2.75) is 38.3 Å². The van der Waals surface area contributed by atoms with Crippen molar-refractivity contribution in [1.29, 1.82) is 5.26 Å². The molecule has 3 aromatic rings. The quantitative estimate of drug-likeness (QED) is 0.660. The topological polar surface area (TPSA) is 61.9 Å². The van der Waals surface area contributed by atoms with Crippen molar-refractivity contribution < 1.29 is 9.18 Å². The average Bonchev–Trinajstić information content (AvgIpc) is 3.04. The van der Waals surface area contributed by atoms with Crippen LogP contribution in [0.15, 0.2) is 48.7 Å². The molecule has 6 heteroatoms. The summed E-state index contributed by atoms with van der Waals surface area (Å²) in [5.74, 6) is -0.00141. The fraction of sp³-hybridized carbons (Fsp3) is 0.375. The number of nitrogens with zero attached hydrogens (tertiary/aromatic N) is 4. The molecule has 1 atom stereocenters. The lowest BCUT2D eigenvalue weighted by Crippen LogP contribution is -2.70. The first kappa shape index (κ1) is 17.6. The van der Waals surface area contributed by atoms with Crippen LogP contribution in [0.4, 0.5) is 4.39 Å². The number of benzene rings is 2. The Bertz CT molecular complexity index is 1220. The molecule has 0 N–H and O–H groups in total. The summed E-state index contributed by atoms with van der Waals surface area (Å²) in [6, 6.07) is 14.4. The smallest absolute Gasteiger partial charge is 0.229 e. The molecule has 1 saturated heterocycles. The van der Waals surface area contributed by atoms with Gasteiger partial charge in [-0.15, -0.1) is 0 Å². The summed E-state index contributed by atoms with van der Waals surface area (Å²) < 4.78 is 15.6. The predicted octanol–water partition coefficient (Wildman–Crippen LogP) is 4.19. The van der Waals surface area contributed by atoms with Crippen LogP contribution in [0.25, 0.3) is 10.9 Å². The standard InChI is InChI=1S/C24H21FN4O/c25-19-3-1-2-17(9-19)20-6-7-28(20)22(30)24-12-23(13-24,14-24)15-29-21-5-4-16(10-26)8-18(21)11-27-29/h1-5,8-9,11,20H,6-7,12-15H2. The maximum atomic E-state index is 13.6.